The third-order valence-corrected chi connectivity index (χ3v) is 5.42. The summed E-state index contributed by atoms with van der Waals surface area (Å²) in [5.74, 6) is 0.734. The van der Waals surface area contributed by atoms with Crippen LogP contribution in [0.5, 0.6) is 0 Å². The topological polar surface area (TPSA) is 59.4 Å². The predicted octanol–water partition coefficient (Wildman–Crippen LogP) is 4.35. The molecule has 0 amide bonds. The zero-order valence-corrected chi connectivity index (χ0v) is 13.8. The van der Waals surface area contributed by atoms with Crippen LogP contribution in [-0.4, -0.2) is 24.7 Å². The van der Waals surface area contributed by atoms with Gasteiger partial charge in [0.05, 0.1) is 17.8 Å². The smallest absolute Gasteiger partial charge is 0.164 e. The second kappa shape index (κ2) is 5.48. The lowest BCUT2D eigenvalue weighted by molar-refractivity contribution is 0.177. The molecule has 0 bridgehead atoms. The minimum absolute atomic E-state index is 0.363. The molecule has 1 fully saturated rings. The van der Waals surface area contributed by atoms with E-state index in [-0.39, 0.29) is 0 Å². The van der Waals surface area contributed by atoms with E-state index in [9.17, 15) is 0 Å². The standard InChI is InChI=1S/C18H23N5/c1-3-15(18(2)7-4-5-8-18)23-12-14(11-21-23)17-20-10-13-6-9-19-16(13)22-17/h6,9-12,15H,3-5,7-8H2,1-2H3,(H,19,20,22). The number of nitrogens with zero attached hydrogens (tertiary/aromatic N) is 4. The van der Waals surface area contributed by atoms with Crippen LogP contribution in [0.3, 0.4) is 0 Å². The van der Waals surface area contributed by atoms with Gasteiger partial charge in [0.15, 0.2) is 5.82 Å². The van der Waals surface area contributed by atoms with E-state index in [2.05, 4.69) is 44.8 Å². The van der Waals surface area contributed by atoms with Gasteiger partial charge in [0.2, 0.25) is 0 Å². The Morgan fingerprint density at radius 1 is 1.30 bits per heavy atom. The van der Waals surface area contributed by atoms with Crippen molar-refractivity contribution < 1.29 is 0 Å². The predicted molar refractivity (Wildman–Crippen MR) is 91.0 cm³/mol. The van der Waals surface area contributed by atoms with Gasteiger partial charge in [-0.2, -0.15) is 5.10 Å². The van der Waals surface area contributed by atoms with Crippen molar-refractivity contribution in [3.05, 3.63) is 30.9 Å². The quantitative estimate of drug-likeness (QED) is 0.779. The normalized spacial score (nSPS) is 18.5. The van der Waals surface area contributed by atoms with E-state index < -0.39 is 0 Å². The molecule has 3 heterocycles. The van der Waals surface area contributed by atoms with E-state index >= 15 is 0 Å². The van der Waals surface area contributed by atoms with E-state index in [0.717, 1.165) is 28.8 Å². The Kier molecular flexibility index (Phi) is 3.43. The average molecular weight is 309 g/mol. The Morgan fingerprint density at radius 3 is 2.91 bits per heavy atom. The van der Waals surface area contributed by atoms with Gasteiger partial charge in [-0.3, -0.25) is 4.68 Å². The van der Waals surface area contributed by atoms with E-state index in [1.165, 1.54) is 25.7 Å². The minimum Gasteiger partial charge on any atom is -0.346 e. The molecule has 1 atom stereocenters. The fourth-order valence-electron chi connectivity index (χ4n) is 4.12. The zero-order valence-electron chi connectivity index (χ0n) is 13.8. The number of hydrogen-bond donors (Lipinski definition) is 1. The second-order valence-corrected chi connectivity index (χ2v) is 6.97. The van der Waals surface area contributed by atoms with E-state index in [0.29, 0.717) is 11.5 Å². The van der Waals surface area contributed by atoms with Crippen molar-refractivity contribution in [2.75, 3.05) is 0 Å². The van der Waals surface area contributed by atoms with Crippen molar-refractivity contribution in [2.24, 2.45) is 5.41 Å². The third-order valence-electron chi connectivity index (χ3n) is 5.42. The van der Waals surface area contributed by atoms with Crippen LogP contribution in [-0.2, 0) is 0 Å². The molecule has 1 aliphatic carbocycles. The van der Waals surface area contributed by atoms with Gasteiger partial charge in [0.1, 0.15) is 5.65 Å². The van der Waals surface area contributed by atoms with E-state index in [4.69, 9.17) is 0 Å². The Balaban J connectivity index is 1.67. The lowest BCUT2D eigenvalue weighted by atomic mass is 9.79. The molecule has 23 heavy (non-hydrogen) atoms. The van der Waals surface area contributed by atoms with Crippen molar-refractivity contribution in [3.63, 3.8) is 0 Å². The van der Waals surface area contributed by atoms with Gasteiger partial charge in [0, 0.05) is 24.0 Å². The molecular weight excluding hydrogens is 286 g/mol. The third kappa shape index (κ3) is 2.44. The highest BCUT2D eigenvalue weighted by molar-refractivity contribution is 5.76. The molecule has 3 aromatic heterocycles. The molecule has 0 aliphatic heterocycles. The average Bonchev–Trinajstić information content (AvgIpc) is 3.27. The van der Waals surface area contributed by atoms with E-state index in [1.54, 1.807) is 0 Å². The van der Waals surface area contributed by atoms with Crippen LogP contribution >= 0.6 is 0 Å². The van der Waals surface area contributed by atoms with Crippen LogP contribution in [0.15, 0.2) is 30.9 Å². The molecule has 4 rings (SSSR count). The molecule has 0 aromatic carbocycles. The number of H-pyrrole nitrogens is 1. The van der Waals surface area contributed by atoms with Crippen LogP contribution in [0.2, 0.25) is 0 Å². The molecule has 5 nitrogen and oxygen atoms in total. The van der Waals surface area contributed by atoms with Crippen LogP contribution in [0.4, 0.5) is 0 Å². The maximum Gasteiger partial charge on any atom is 0.164 e. The number of hydrogen-bond acceptors (Lipinski definition) is 3. The number of fused-ring (bicyclic) bond motifs is 1. The maximum atomic E-state index is 4.65. The van der Waals surface area contributed by atoms with Crippen molar-refractivity contribution >= 4 is 11.0 Å². The summed E-state index contributed by atoms with van der Waals surface area (Å²) in [5, 5.41) is 5.68. The lowest BCUT2D eigenvalue weighted by Crippen LogP contribution is -2.27. The summed E-state index contributed by atoms with van der Waals surface area (Å²) in [6.45, 7) is 4.67. The molecule has 1 N–H and O–H groups in total. The molecule has 5 heteroatoms. The zero-order chi connectivity index (χ0) is 15.9. The van der Waals surface area contributed by atoms with Crippen LogP contribution in [0.1, 0.15) is 52.0 Å². The molecule has 1 unspecified atom stereocenters. The van der Waals surface area contributed by atoms with Gasteiger partial charge in [-0.05, 0) is 30.7 Å². The van der Waals surface area contributed by atoms with Crippen LogP contribution < -0.4 is 0 Å². The first-order chi connectivity index (χ1) is 11.2. The van der Waals surface area contributed by atoms with Gasteiger partial charge in [-0.1, -0.05) is 26.7 Å². The number of aromatic nitrogens is 5. The fourth-order valence-corrected chi connectivity index (χ4v) is 4.12. The fraction of sp³-hybridized carbons (Fsp3) is 0.500. The first-order valence-corrected chi connectivity index (χ1v) is 8.54. The maximum absolute atomic E-state index is 4.65. The summed E-state index contributed by atoms with van der Waals surface area (Å²) in [7, 11) is 0. The first kappa shape index (κ1) is 14.4. The summed E-state index contributed by atoms with van der Waals surface area (Å²) >= 11 is 0. The highest BCUT2D eigenvalue weighted by Crippen LogP contribution is 2.47. The molecule has 3 aromatic rings. The summed E-state index contributed by atoms with van der Waals surface area (Å²) < 4.78 is 2.14. The molecule has 1 aliphatic rings. The SMILES string of the molecule is CCC(n1cc(-c2ncc3cc[nH]c3n2)cn1)C1(C)CCCC1. The van der Waals surface area contributed by atoms with Gasteiger partial charge in [0.25, 0.3) is 0 Å². The highest BCUT2D eigenvalue weighted by Gasteiger charge is 2.37. The molecule has 1 saturated carbocycles. The molecule has 0 saturated heterocycles. The minimum atomic E-state index is 0.363. The van der Waals surface area contributed by atoms with Gasteiger partial charge < -0.3 is 4.98 Å². The number of rotatable bonds is 4. The molecule has 0 spiro atoms. The van der Waals surface area contributed by atoms with E-state index in [1.807, 2.05) is 24.7 Å². The Labute approximate surface area is 136 Å². The second-order valence-electron chi connectivity index (χ2n) is 6.97. The molecular formula is C18H23N5. The highest BCUT2D eigenvalue weighted by atomic mass is 15.3. The van der Waals surface area contributed by atoms with Gasteiger partial charge in [-0.25, -0.2) is 9.97 Å². The van der Waals surface area contributed by atoms with Crippen LogP contribution in [0, 0.1) is 5.41 Å². The van der Waals surface area contributed by atoms with Crippen molar-refractivity contribution in [2.45, 2.75) is 52.0 Å². The Hall–Kier alpha value is -2.17. The summed E-state index contributed by atoms with van der Waals surface area (Å²) in [6, 6.07) is 2.43. The van der Waals surface area contributed by atoms with Gasteiger partial charge in [-0.15, -0.1) is 0 Å². The van der Waals surface area contributed by atoms with Crippen LogP contribution in [0.25, 0.3) is 22.4 Å². The monoisotopic (exact) mass is 309 g/mol. The Morgan fingerprint density at radius 2 is 2.13 bits per heavy atom. The lowest BCUT2D eigenvalue weighted by Gasteiger charge is -2.33. The summed E-state index contributed by atoms with van der Waals surface area (Å²) in [6.07, 6.45) is 14.1. The molecule has 120 valence electrons. The van der Waals surface area contributed by atoms with Crippen molar-refractivity contribution in [3.8, 4) is 11.4 Å². The Bertz CT molecular complexity index is 810. The summed E-state index contributed by atoms with van der Waals surface area (Å²) in [5.41, 5.74) is 2.22. The summed E-state index contributed by atoms with van der Waals surface area (Å²) in [4.78, 5) is 12.2. The molecule has 0 radical (unpaired) electrons. The van der Waals surface area contributed by atoms with Gasteiger partial charge >= 0.3 is 0 Å². The number of nitrogens with one attached hydrogen (secondary N) is 1. The number of aromatic amines is 1. The van der Waals surface area contributed by atoms with Crippen molar-refractivity contribution in [1.29, 1.82) is 0 Å². The largest absolute Gasteiger partial charge is 0.346 e. The van der Waals surface area contributed by atoms with Crippen molar-refractivity contribution in [1.82, 2.24) is 24.7 Å². The first-order valence-electron chi connectivity index (χ1n) is 8.54.